The average Bonchev–Trinajstić information content (AvgIpc) is 3.00. The van der Waals surface area contributed by atoms with Crippen LogP contribution in [0.15, 0.2) is 4.52 Å². The van der Waals surface area contributed by atoms with Gasteiger partial charge in [0.1, 0.15) is 6.10 Å². The van der Waals surface area contributed by atoms with Crippen LogP contribution in [0.2, 0.25) is 0 Å². The molecule has 3 rings (SSSR count). The first kappa shape index (κ1) is 11.1. The van der Waals surface area contributed by atoms with Gasteiger partial charge in [-0.3, -0.25) is 0 Å². The summed E-state index contributed by atoms with van der Waals surface area (Å²) in [6, 6.07) is 0.0431. The molecular formula is C11H17N3O3. The minimum absolute atomic E-state index is 0.00627. The second kappa shape index (κ2) is 4.72. The molecule has 1 aromatic rings. The van der Waals surface area contributed by atoms with E-state index in [2.05, 4.69) is 10.1 Å². The third-order valence-corrected chi connectivity index (χ3v) is 3.40. The van der Waals surface area contributed by atoms with Gasteiger partial charge in [0, 0.05) is 19.3 Å². The van der Waals surface area contributed by atoms with Gasteiger partial charge in [-0.25, -0.2) is 0 Å². The molecule has 2 fully saturated rings. The van der Waals surface area contributed by atoms with E-state index in [0.29, 0.717) is 24.9 Å². The highest BCUT2D eigenvalue weighted by atomic mass is 16.5. The fourth-order valence-corrected chi connectivity index (χ4v) is 2.32. The first-order chi connectivity index (χ1) is 8.34. The summed E-state index contributed by atoms with van der Waals surface area (Å²) < 4.78 is 16.2. The standard InChI is InChI=1S/C11H17N3O3/c12-8-3-5-15-6-7(8)11-13-10(14-17-11)9-2-1-4-16-9/h7-9H,1-6,12H2. The van der Waals surface area contributed by atoms with E-state index in [1.54, 1.807) is 0 Å². The highest BCUT2D eigenvalue weighted by Gasteiger charge is 2.31. The molecule has 6 heteroatoms. The van der Waals surface area contributed by atoms with Gasteiger partial charge in [0.15, 0.2) is 0 Å². The Hall–Kier alpha value is -0.980. The Bertz CT molecular complexity index is 376. The van der Waals surface area contributed by atoms with Gasteiger partial charge in [-0.15, -0.1) is 0 Å². The van der Waals surface area contributed by atoms with Crippen LogP contribution < -0.4 is 5.73 Å². The first-order valence-corrected chi connectivity index (χ1v) is 6.13. The predicted octanol–water partition coefficient (Wildman–Crippen LogP) is 0.752. The molecule has 3 unspecified atom stereocenters. The summed E-state index contributed by atoms with van der Waals surface area (Å²) in [4.78, 5) is 4.40. The zero-order valence-corrected chi connectivity index (χ0v) is 9.67. The van der Waals surface area contributed by atoms with Crippen molar-refractivity contribution in [3.05, 3.63) is 11.7 Å². The van der Waals surface area contributed by atoms with Gasteiger partial charge in [0.05, 0.1) is 12.5 Å². The Morgan fingerprint density at radius 2 is 2.18 bits per heavy atom. The Morgan fingerprint density at radius 1 is 1.24 bits per heavy atom. The van der Waals surface area contributed by atoms with E-state index in [4.69, 9.17) is 19.7 Å². The van der Waals surface area contributed by atoms with E-state index in [-0.39, 0.29) is 18.1 Å². The molecule has 0 bridgehead atoms. The number of hydrogen-bond acceptors (Lipinski definition) is 6. The normalized spacial score (nSPS) is 34.1. The molecule has 17 heavy (non-hydrogen) atoms. The molecular weight excluding hydrogens is 222 g/mol. The van der Waals surface area contributed by atoms with Gasteiger partial charge in [0.25, 0.3) is 0 Å². The third kappa shape index (κ3) is 2.20. The van der Waals surface area contributed by atoms with E-state index in [1.165, 1.54) is 0 Å². The number of nitrogens with two attached hydrogens (primary N) is 1. The summed E-state index contributed by atoms with van der Waals surface area (Å²) in [6.45, 7) is 2.05. The van der Waals surface area contributed by atoms with Crippen LogP contribution in [0.3, 0.4) is 0 Å². The number of aromatic nitrogens is 2. The summed E-state index contributed by atoms with van der Waals surface area (Å²) in [5.41, 5.74) is 6.03. The molecule has 2 aliphatic heterocycles. The summed E-state index contributed by atoms with van der Waals surface area (Å²) in [5, 5.41) is 3.99. The number of hydrogen-bond donors (Lipinski definition) is 1. The maximum atomic E-state index is 6.03. The lowest BCUT2D eigenvalue weighted by Crippen LogP contribution is -2.37. The molecule has 0 spiro atoms. The van der Waals surface area contributed by atoms with Crippen LogP contribution in [0.4, 0.5) is 0 Å². The van der Waals surface area contributed by atoms with Crippen molar-refractivity contribution in [3.8, 4) is 0 Å². The Kier molecular flexibility index (Phi) is 3.09. The minimum Gasteiger partial charge on any atom is -0.381 e. The second-order valence-corrected chi connectivity index (χ2v) is 4.63. The molecule has 94 valence electrons. The average molecular weight is 239 g/mol. The molecule has 6 nitrogen and oxygen atoms in total. The van der Waals surface area contributed by atoms with Gasteiger partial charge in [-0.2, -0.15) is 4.98 Å². The molecule has 1 aromatic heterocycles. The van der Waals surface area contributed by atoms with Gasteiger partial charge in [-0.05, 0) is 19.3 Å². The Balaban J connectivity index is 1.74. The van der Waals surface area contributed by atoms with Gasteiger partial charge < -0.3 is 19.7 Å². The van der Waals surface area contributed by atoms with E-state index in [1.807, 2.05) is 0 Å². The van der Waals surface area contributed by atoms with Crippen LogP contribution in [0.1, 0.15) is 43.0 Å². The van der Waals surface area contributed by atoms with Gasteiger partial charge >= 0.3 is 0 Å². The van der Waals surface area contributed by atoms with Crippen LogP contribution in [0.5, 0.6) is 0 Å². The molecule has 2 saturated heterocycles. The predicted molar refractivity (Wildman–Crippen MR) is 58.4 cm³/mol. The summed E-state index contributed by atoms with van der Waals surface area (Å²) in [5.74, 6) is 1.25. The quantitative estimate of drug-likeness (QED) is 0.820. The molecule has 3 heterocycles. The van der Waals surface area contributed by atoms with Crippen molar-refractivity contribution in [2.75, 3.05) is 19.8 Å². The second-order valence-electron chi connectivity index (χ2n) is 4.63. The fraction of sp³-hybridized carbons (Fsp3) is 0.818. The van der Waals surface area contributed by atoms with Gasteiger partial charge in [0.2, 0.25) is 11.7 Å². The van der Waals surface area contributed by atoms with Crippen molar-refractivity contribution in [1.82, 2.24) is 10.1 Å². The van der Waals surface area contributed by atoms with Crippen LogP contribution in [0.25, 0.3) is 0 Å². The molecule has 0 aromatic carbocycles. The number of nitrogens with zero attached hydrogens (tertiary/aromatic N) is 2. The van der Waals surface area contributed by atoms with Crippen LogP contribution in [-0.2, 0) is 9.47 Å². The minimum atomic E-state index is -0.00627. The molecule has 0 radical (unpaired) electrons. The smallest absolute Gasteiger partial charge is 0.233 e. The van der Waals surface area contributed by atoms with E-state index in [0.717, 1.165) is 25.9 Å². The summed E-state index contributed by atoms with van der Waals surface area (Å²) >= 11 is 0. The molecule has 2 aliphatic rings. The van der Waals surface area contributed by atoms with E-state index >= 15 is 0 Å². The number of ether oxygens (including phenoxy) is 2. The van der Waals surface area contributed by atoms with Crippen LogP contribution in [0, 0.1) is 0 Å². The molecule has 0 amide bonds. The fourth-order valence-electron chi connectivity index (χ4n) is 2.32. The number of rotatable bonds is 2. The lowest BCUT2D eigenvalue weighted by molar-refractivity contribution is 0.0590. The van der Waals surface area contributed by atoms with Crippen molar-refractivity contribution < 1.29 is 14.0 Å². The summed E-state index contributed by atoms with van der Waals surface area (Å²) in [7, 11) is 0. The lowest BCUT2D eigenvalue weighted by atomic mass is 9.97. The molecule has 3 atom stereocenters. The lowest BCUT2D eigenvalue weighted by Gasteiger charge is -2.25. The topological polar surface area (TPSA) is 83.4 Å². The van der Waals surface area contributed by atoms with Crippen molar-refractivity contribution >= 4 is 0 Å². The zero-order valence-electron chi connectivity index (χ0n) is 9.67. The van der Waals surface area contributed by atoms with Crippen molar-refractivity contribution in [2.45, 2.75) is 37.3 Å². The molecule has 2 N–H and O–H groups in total. The summed E-state index contributed by atoms with van der Waals surface area (Å²) in [6.07, 6.45) is 2.85. The van der Waals surface area contributed by atoms with Crippen molar-refractivity contribution in [3.63, 3.8) is 0 Å². The maximum absolute atomic E-state index is 6.03. The Labute approximate surface area is 99.5 Å². The van der Waals surface area contributed by atoms with Crippen molar-refractivity contribution in [2.24, 2.45) is 5.73 Å². The zero-order chi connectivity index (χ0) is 11.7. The van der Waals surface area contributed by atoms with Crippen molar-refractivity contribution in [1.29, 1.82) is 0 Å². The molecule has 0 aliphatic carbocycles. The highest BCUT2D eigenvalue weighted by molar-refractivity contribution is 5.02. The maximum Gasteiger partial charge on any atom is 0.233 e. The largest absolute Gasteiger partial charge is 0.381 e. The van der Waals surface area contributed by atoms with E-state index < -0.39 is 0 Å². The Morgan fingerprint density at radius 3 is 2.94 bits per heavy atom. The highest BCUT2D eigenvalue weighted by Crippen LogP contribution is 2.29. The first-order valence-electron chi connectivity index (χ1n) is 6.13. The third-order valence-electron chi connectivity index (χ3n) is 3.40. The SMILES string of the molecule is NC1CCOCC1c1nc(C2CCCO2)no1. The van der Waals surface area contributed by atoms with Crippen LogP contribution >= 0.6 is 0 Å². The van der Waals surface area contributed by atoms with E-state index in [9.17, 15) is 0 Å². The monoisotopic (exact) mass is 239 g/mol. The van der Waals surface area contributed by atoms with Crippen LogP contribution in [-0.4, -0.2) is 36.0 Å². The van der Waals surface area contributed by atoms with Gasteiger partial charge in [-0.1, -0.05) is 5.16 Å². The molecule has 0 saturated carbocycles.